The van der Waals surface area contributed by atoms with Gasteiger partial charge in [0.15, 0.2) is 0 Å². The van der Waals surface area contributed by atoms with Crippen LogP contribution in [-0.4, -0.2) is 22.2 Å². The molecule has 0 aliphatic rings. The van der Waals surface area contributed by atoms with Crippen LogP contribution >= 0.6 is 0 Å². The van der Waals surface area contributed by atoms with Gasteiger partial charge >= 0.3 is 11.9 Å². The Bertz CT molecular complexity index is 517. The molecule has 0 aliphatic heterocycles. The van der Waals surface area contributed by atoms with Crippen LogP contribution in [0.1, 0.15) is 32.7 Å². The third-order valence-electron chi connectivity index (χ3n) is 2.30. The van der Waals surface area contributed by atoms with E-state index in [1.54, 1.807) is 0 Å². The summed E-state index contributed by atoms with van der Waals surface area (Å²) in [6, 6.07) is 4.20. The van der Waals surface area contributed by atoms with E-state index in [-0.39, 0.29) is 35.2 Å². The van der Waals surface area contributed by atoms with Crippen LogP contribution in [0.15, 0.2) is 12.1 Å². The summed E-state index contributed by atoms with van der Waals surface area (Å²) in [6.45, 7) is 0. The van der Waals surface area contributed by atoms with Gasteiger partial charge < -0.3 is 15.9 Å². The standard InChI is InChI=1S/C11H10N2O4/c12-5-1-2-6-7(10(14)15)3-4-8(9(6)13)11(16)17/h3-4H,1-2,13H2,(H,14,15)(H,16,17). The Morgan fingerprint density at radius 2 is 1.76 bits per heavy atom. The summed E-state index contributed by atoms with van der Waals surface area (Å²) >= 11 is 0. The normalized spacial score (nSPS) is 9.59. The van der Waals surface area contributed by atoms with E-state index in [0.29, 0.717) is 0 Å². The molecule has 6 heteroatoms. The van der Waals surface area contributed by atoms with Crippen molar-refractivity contribution in [1.29, 1.82) is 5.26 Å². The molecule has 88 valence electrons. The van der Waals surface area contributed by atoms with E-state index in [0.717, 1.165) is 6.07 Å². The zero-order chi connectivity index (χ0) is 13.0. The third kappa shape index (κ3) is 2.52. The summed E-state index contributed by atoms with van der Waals surface area (Å²) in [5.41, 5.74) is 5.50. The fourth-order valence-electron chi connectivity index (χ4n) is 1.50. The zero-order valence-electron chi connectivity index (χ0n) is 8.80. The van der Waals surface area contributed by atoms with E-state index in [9.17, 15) is 9.59 Å². The van der Waals surface area contributed by atoms with Crippen LogP contribution in [-0.2, 0) is 6.42 Å². The number of hydrogen-bond donors (Lipinski definition) is 3. The topological polar surface area (TPSA) is 124 Å². The number of carboxylic acids is 2. The number of hydrogen-bond acceptors (Lipinski definition) is 4. The van der Waals surface area contributed by atoms with Gasteiger partial charge in [-0.25, -0.2) is 9.59 Å². The lowest BCUT2D eigenvalue weighted by atomic mass is 9.97. The molecule has 0 heterocycles. The van der Waals surface area contributed by atoms with E-state index in [1.807, 2.05) is 6.07 Å². The van der Waals surface area contributed by atoms with E-state index < -0.39 is 11.9 Å². The van der Waals surface area contributed by atoms with Crippen molar-refractivity contribution in [1.82, 2.24) is 0 Å². The van der Waals surface area contributed by atoms with Crippen molar-refractivity contribution in [3.05, 3.63) is 28.8 Å². The van der Waals surface area contributed by atoms with Gasteiger partial charge in [-0.2, -0.15) is 5.26 Å². The number of aromatic carboxylic acids is 2. The first-order valence-electron chi connectivity index (χ1n) is 4.74. The number of nitrogen functional groups attached to an aromatic ring is 1. The average molecular weight is 234 g/mol. The van der Waals surface area contributed by atoms with Crippen molar-refractivity contribution in [2.45, 2.75) is 12.8 Å². The van der Waals surface area contributed by atoms with Crippen molar-refractivity contribution in [3.63, 3.8) is 0 Å². The van der Waals surface area contributed by atoms with Gasteiger partial charge in [-0.15, -0.1) is 0 Å². The van der Waals surface area contributed by atoms with Gasteiger partial charge in [-0.1, -0.05) is 0 Å². The molecule has 0 spiro atoms. The molecule has 0 bridgehead atoms. The lowest BCUT2D eigenvalue weighted by molar-refractivity contribution is 0.0681. The minimum absolute atomic E-state index is 0.0669. The van der Waals surface area contributed by atoms with E-state index in [1.165, 1.54) is 6.07 Å². The monoisotopic (exact) mass is 234 g/mol. The van der Waals surface area contributed by atoms with E-state index in [2.05, 4.69) is 0 Å². The number of nitrogens with two attached hydrogens (primary N) is 1. The molecule has 0 atom stereocenters. The van der Waals surface area contributed by atoms with Crippen LogP contribution in [0, 0.1) is 11.3 Å². The number of rotatable bonds is 4. The van der Waals surface area contributed by atoms with Crippen molar-refractivity contribution < 1.29 is 19.8 Å². The van der Waals surface area contributed by atoms with Crippen molar-refractivity contribution in [3.8, 4) is 6.07 Å². The Balaban J connectivity index is 3.37. The summed E-state index contributed by atoms with van der Waals surface area (Å²) in [6.07, 6.45) is 0.193. The fraction of sp³-hybridized carbons (Fsp3) is 0.182. The van der Waals surface area contributed by atoms with Crippen molar-refractivity contribution >= 4 is 17.6 Å². The molecule has 0 aliphatic carbocycles. The van der Waals surface area contributed by atoms with Gasteiger partial charge in [-0.05, 0) is 24.1 Å². The molecule has 0 unspecified atom stereocenters. The first-order chi connectivity index (χ1) is 7.99. The van der Waals surface area contributed by atoms with Crippen molar-refractivity contribution in [2.75, 3.05) is 5.73 Å². The number of carboxylic acid groups (broad SMARTS) is 2. The molecule has 0 fully saturated rings. The molecule has 17 heavy (non-hydrogen) atoms. The second-order valence-electron chi connectivity index (χ2n) is 3.32. The maximum atomic E-state index is 10.9. The average Bonchev–Trinajstić information content (AvgIpc) is 2.26. The third-order valence-corrected chi connectivity index (χ3v) is 2.30. The summed E-state index contributed by atoms with van der Waals surface area (Å²) < 4.78 is 0. The number of nitrogens with zero attached hydrogens (tertiary/aromatic N) is 1. The maximum Gasteiger partial charge on any atom is 0.337 e. The second-order valence-corrected chi connectivity index (χ2v) is 3.32. The SMILES string of the molecule is N#CCCc1c(C(=O)O)ccc(C(=O)O)c1N. The highest BCUT2D eigenvalue weighted by Crippen LogP contribution is 2.23. The van der Waals surface area contributed by atoms with Crippen LogP contribution in [0.4, 0.5) is 5.69 Å². The Kier molecular flexibility index (Phi) is 3.67. The molecular formula is C11H10N2O4. The zero-order valence-corrected chi connectivity index (χ0v) is 8.80. The molecule has 1 rings (SSSR count). The van der Waals surface area contributed by atoms with Gasteiger partial charge in [-0.3, -0.25) is 0 Å². The highest BCUT2D eigenvalue weighted by molar-refractivity contribution is 5.99. The Hall–Kier alpha value is -2.55. The van der Waals surface area contributed by atoms with Crippen LogP contribution < -0.4 is 5.73 Å². The predicted octanol–water partition coefficient (Wildman–Crippen LogP) is 1.12. The highest BCUT2D eigenvalue weighted by atomic mass is 16.4. The number of benzene rings is 1. The number of anilines is 1. The molecule has 0 saturated heterocycles. The van der Waals surface area contributed by atoms with E-state index in [4.69, 9.17) is 21.2 Å². The molecule has 1 aromatic rings. The minimum atomic E-state index is -1.22. The number of nitriles is 1. The first kappa shape index (κ1) is 12.5. The molecule has 6 nitrogen and oxygen atoms in total. The first-order valence-corrected chi connectivity index (χ1v) is 4.74. The van der Waals surface area contributed by atoms with Gasteiger partial charge in [0.1, 0.15) is 0 Å². The Labute approximate surface area is 96.9 Å². The lowest BCUT2D eigenvalue weighted by Crippen LogP contribution is -2.11. The maximum absolute atomic E-state index is 10.9. The molecule has 0 amide bonds. The largest absolute Gasteiger partial charge is 0.478 e. The van der Waals surface area contributed by atoms with Gasteiger partial charge in [0.2, 0.25) is 0 Å². The van der Waals surface area contributed by atoms with Crippen LogP contribution in [0.3, 0.4) is 0 Å². The second kappa shape index (κ2) is 4.99. The molecular weight excluding hydrogens is 224 g/mol. The van der Waals surface area contributed by atoms with Gasteiger partial charge in [0.25, 0.3) is 0 Å². The minimum Gasteiger partial charge on any atom is -0.478 e. The molecule has 0 aromatic heterocycles. The van der Waals surface area contributed by atoms with Crippen LogP contribution in [0.5, 0.6) is 0 Å². The van der Waals surface area contributed by atoms with Crippen molar-refractivity contribution in [2.24, 2.45) is 0 Å². The fourth-order valence-corrected chi connectivity index (χ4v) is 1.50. The highest BCUT2D eigenvalue weighted by Gasteiger charge is 2.18. The lowest BCUT2D eigenvalue weighted by Gasteiger charge is -2.10. The van der Waals surface area contributed by atoms with Gasteiger partial charge in [0, 0.05) is 6.42 Å². The Morgan fingerprint density at radius 3 is 2.24 bits per heavy atom. The quantitative estimate of drug-likeness (QED) is 0.670. The molecule has 0 saturated carbocycles. The van der Waals surface area contributed by atoms with E-state index >= 15 is 0 Å². The smallest absolute Gasteiger partial charge is 0.337 e. The summed E-state index contributed by atoms with van der Waals surface area (Å²) in [5, 5.41) is 26.3. The van der Waals surface area contributed by atoms with Crippen LogP contribution in [0.2, 0.25) is 0 Å². The summed E-state index contributed by atoms with van der Waals surface area (Å²) in [5.74, 6) is -2.42. The summed E-state index contributed by atoms with van der Waals surface area (Å²) in [7, 11) is 0. The molecule has 1 aromatic carbocycles. The molecule has 4 N–H and O–H groups in total. The summed E-state index contributed by atoms with van der Waals surface area (Å²) in [4.78, 5) is 21.8. The Morgan fingerprint density at radius 1 is 1.24 bits per heavy atom. The van der Waals surface area contributed by atoms with Gasteiger partial charge in [0.05, 0.1) is 22.9 Å². The van der Waals surface area contributed by atoms with Crippen LogP contribution in [0.25, 0.3) is 0 Å². The number of carbonyl (C=O) groups is 2. The predicted molar refractivity (Wildman–Crippen MR) is 58.7 cm³/mol. The molecule has 0 radical (unpaired) electrons.